The number of benzene rings is 1. The summed E-state index contributed by atoms with van der Waals surface area (Å²) in [5.41, 5.74) is 12.6. The molecular formula is C10H8BrN3S. The summed E-state index contributed by atoms with van der Waals surface area (Å²) in [5, 5.41) is 1.87. The summed E-state index contributed by atoms with van der Waals surface area (Å²) >= 11 is 8.35. The van der Waals surface area contributed by atoms with Gasteiger partial charge in [0.1, 0.15) is 10.7 Å². The molecule has 0 saturated carbocycles. The Hall–Kier alpha value is -1.20. The van der Waals surface area contributed by atoms with Crippen LogP contribution >= 0.6 is 28.1 Å². The first kappa shape index (κ1) is 10.3. The summed E-state index contributed by atoms with van der Waals surface area (Å²) in [6.45, 7) is 0. The normalized spacial score (nSPS) is 10.5. The van der Waals surface area contributed by atoms with Crippen molar-refractivity contribution in [1.29, 1.82) is 0 Å². The smallest absolute Gasteiger partial charge is 0.123 e. The number of nitrogens with two attached hydrogens (primary N) is 2. The molecule has 76 valence electrons. The molecule has 0 fully saturated rings. The van der Waals surface area contributed by atoms with Crippen LogP contribution in [0.25, 0.3) is 10.8 Å². The van der Waals surface area contributed by atoms with Gasteiger partial charge in [-0.1, -0.05) is 18.3 Å². The van der Waals surface area contributed by atoms with E-state index < -0.39 is 0 Å². The van der Waals surface area contributed by atoms with E-state index in [-0.39, 0.29) is 4.99 Å². The minimum absolute atomic E-state index is 0.276. The first-order chi connectivity index (χ1) is 7.09. The summed E-state index contributed by atoms with van der Waals surface area (Å²) < 4.78 is 0.900. The highest BCUT2D eigenvalue weighted by Gasteiger charge is 2.08. The van der Waals surface area contributed by atoms with E-state index in [0.29, 0.717) is 11.4 Å². The predicted octanol–water partition coefficient (Wildman–Crippen LogP) is 2.21. The van der Waals surface area contributed by atoms with Crippen LogP contribution < -0.4 is 11.5 Å². The van der Waals surface area contributed by atoms with Gasteiger partial charge in [0, 0.05) is 21.7 Å². The van der Waals surface area contributed by atoms with Crippen LogP contribution in [0.2, 0.25) is 0 Å². The number of nitrogens with zero attached hydrogens (tertiary/aromatic N) is 1. The number of thiocarbonyl (C=S) groups is 1. The van der Waals surface area contributed by atoms with Gasteiger partial charge in [-0.05, 0) is 33.4 Å². The number of hydrogen-bond acceptors (Lipinski definition) is 3. The van der Waals surface area contributed by atoms with Gasteiger partial charge < -0.3 is 11.5 Å². The predicted molar refractivity (Wildman–Crippen MR) is 69.7 cm³/mol. The Kier molecular flexibility index (Phi) is 2.58. The van der Waals surface area contributed by atoms with Gasteiger partial charge >= 0.3 is 0 Å². The number of pyridine rings is 1. The molecule has 0 aliphatic heterocycles. The highest BCUT2D eigenvalue weighted by molar-refractivity contribution is 9.10. The van der Waals surface area contributed by atoms with Crippen molar-refractivity contribution in [2.45, 2.75) is 0 Å². The van der Waals surface area contributed by atoms with Crippen LogP contribution in [0.15, 0.2) is 28.9 Å². The third-order valence-electron chi connectivity index (χ3n) is 2.10. The molecule has 0 aliphatic carbocycles. The Morgan fingerprint density at radius 2 is 2.07 bits per heavy atom. The van der Waals surface area contributed by atoms with Crippen LogP contribution in [0, 0.1) is 0 Å². The van der Waals surface area contributed by atoms with E-state index in [9.17, 15) is 0 Å². The molecule has 5 heteroatoms. The van der Waals surface area contributed by atoms with E-state index in [4.69, 9.17) is 23.7 Å². The Labute approximate surface area is 101 Å². The fourth-order valence-electron chi connectivity index (χ4n) is 1.42. The largest absolute Gasteiger partial charge is 0.399 e. The molecule has 4 N–H and O–H groups in total. The van der Waals surface area contributed by atoms with E-state index in [2.05, 4.69) is 20.9 Å². The topological polar surface area (TPSA) is 64.9 Å². The molecule has 0 radical (unpaired) electrons. The van der Waals surface area contributed by atoms with Gasteiger partial charge in [0.25, 0.3) is 0 Å². The lowest BCUT2D eigenvalue weighted by Crippen LogP contribution is -2.12. The molecule has 2 rings (SSSR count). The molecule has 2 aromatic rings. The van der Waals surface area contributed by atoms with E-state index in [1.807, 2.05) is 18.2 Å². The molecule has 0 unspecified atom stereocenters. The molecule has 1 aromatic heterocycles. The van der Waals surface area contributed by atoms with Gasteiger partial charge in [-0.25, -0.2) is 0 Å². The maximum absolute atomic E-state index is 5.72. The second-order valence-electron chi connectivity index (χ2n) is 3.12. The fraction of sp³-hybridized carbons (Fsp3) is 0. The molecule has 1 aromatic carbocycles. The highest BCUT2D eigenvalue weighted by atomic mass is 79.9. The summed E-state index contributed by atoms with van der Waals surface area (Å²) in [7, 11) is 0. The van der Waals surface area contributed by atoms with Crippen LogP contribution in [0.4, 0.5) is 5.69 Å². The zero-order valence-corrected chi connectivity index (χ0v) is 10.1. The maximum Gasteiger partial charge on any atom is 0.123 e. The minimum atomic E-state index is 0.276. The number of nitrogen functional groups attached to an aromatic ring is 1. The average molecular weight is 282 g/mol. The van der Waals surface area contributed by atoms with Crippen molar-refractivity contribution in [2.75, 3.05) is 5.73 Å². The van der Waals surface area contributed by atoms with Crippen LogP contribution in [0.1, 0.15) is 5.69 Å². The summed E-state index contributed by atoms with van der Waals surface area (Å²) in [6, 6.07) is 5.57. The lowest BCUT2D eigenvalue weighted by atomic mass is 10.1. The number of hydrogen-bond donors (Lipinski definition) is 2. The van der Waals surface area contributed by atoms with Crippen LogP contribution in [0.3, 0.4) is 0 Å². The SMILES string of the molecule is NC(=S)c1ncc(Br)c2ccc(N)cc12. The van der Waals surface area contributed by atoms with Gasteiger partial charge in [-0.15, -0.1) is 0 Å². The highest BCUT2D eigenvalue weighted by Crippen LogP contribution is 2.26. The van der Waals surface area contributed by atoms with Crippen LogP contribution in [-0.4, -0.2) is 9.97 Å². The van der Waals surface area contributed by atoms with Gasteiger partial charge in [-0.3, -0.25) is 4.98 Å². The Balaban J connectivity index is 2.90. The summed E-state index contributed by atoms with van der Waals surface area (Å²) in [6.07, 6.45) is 1.69. The van der Waals surface area contributed by atoms with Crippen molar-refractivity contribution >= 4 is 49.6 Å². The van der Waals surface area contributed by atoms with Crippen molar-refractivity contribution in [1.82, 2.24) is 4.98 Å². The van der Waals surface area contributed by atoms with Gasteiger partial charge in [0.15, 0.2) is 0 Å². The summed E-state index contributed by atoms with van der Waals surface area (Å²) in [4.78, 5) is 4.45. The average Bonchev–Trinajstić information content (AvgIpc) is 2.17. The molecule has 1 heterocycles. The number of fused-ring (bicyclic) bond motifs is 1. The first-order valence-corrected chi connectivity index (χ1v) is 5.43. The van der Waals surface area contributed by atoms with Crippen molar-refractivity contribution in [3.63, 3.8) is 0 Å². The van der Waals surface area contributed by atoms with Crippen molar-refractivity contribution < 1.29 is 0 Å². The Morgan fingerprint density at radius 3 is 2.73 bits per heavy atom. The number of rotatable bonds is 1. The van der Waals surface area contributed by atoms with E-state index in [1.54, 1.807) is 6.20 Å². The lowest BCUT2D eigenvalue weighted by Gasteiger charge is -2.06. The Morgan fingerprint density at radius 1 is 1.33 bits per heavy atom. The molecule has 0 saturated heterocycles. The van der Waals surface area contributed by atoms with Crippen LogP contribution in [-0.2, 0) is 0 Å². The van der Waals surface area contributed by atoms with Crippen molar-refractivity contribution in [3.8, 4) is 0 Å². The van der Waals surface area contributed by atoms with E-state index >= 15 is 0 Å². The second-order valence-corrected chi connectivity index (χ2v) is 4.42. The zero-order valence-electron chi connectivity index (χ0n) is 7.70. The third kappa shape index (κ3) is 1.80. The van der Waals surface area contributed by atoms with Gasteiger partial charge in [0.2, 0.25) is 0 Å². The van der Waals surface area contributed by atoms with Gasteiger partial charge in [0.05, 0.1) is 0 Å². The first-order valence-electron chi connectivity index (χ1n) is 4.23. The number of aromatic nitrogens is 1. The maximum atomic E-state index is 5.72. The molecule has 15 heavy (non-hydrogen) atoms. The van der Waals surface area contributed by atoms with Crippen molar-refractivity contribution in [2.24, 2.45) is 5.73 Å². The molecular weight excluding hydrogens is 274 g/mol. The zero-order chi connectivity index (χ0) is 11.0. The van der Waals surface area contributed by atoms with Gasteiger partial charge in [-0.2, -0.15) is 0 Å². The van der Waals surface area contributed by atoms with E-state index in [1.165, 1.54) is 0 Å². The Bertz CT molecular complexity index is 554. The standard InChI is InChI=1S/C10H8BrN3S/c11-8-4-14-9(10(13)15)7-3-5(12)1-2-6(7)8/h1-4H,12H2,(H2,13,15). The van der Waals surface area contributed by atoms with E-state index in [0.717, 1.165) is 15.2 Å². The third-order valence-corrected chi connectivity index (χ3v) is 2.92. The quantitative estimate of drug-likeness (QED) is 0.621. The molecule has 0 spiro atoms. The van der Waals surface area contributed by atoms with Crippen LogP contribution in [0.5, 0.6) is 0 Å². The molecule has 0 amide bonds. The monoisotopic (exact) mass is 281 g/mol. The van der Waals surface area contributed by atoms with Crippen molar-refractivity contribution in [3.05, 3.63) is 34.6 Å². The molecule has 0 aliphatic rings. The molecule has 3 nitrogen and oxygen atoms in total. The lowest BCUT2D eigenvalue weighted by molar-refractivity contribution is 1.31. The number of anilines is 1. The minimum Gasteiger partial charge on any atom is -0.399 e. The number of halogens is 1. The second kappa shape index (κ2) is 3.75. The fourth-order valence-corrected chi connectivity index (χ4v) is 2.03. The molecule has 0 atom stereocenters. The summed E-state index contributed by atoms with van der Waals surface area (Å²) in [5.74, 6) is 0. The molecule has 0 bridgehead atoms.